The number of aryl methyl sites for hydroxylation is 3. The van der Waals surface area contributed by atoms with E-state index in [-0.39, 0.29) is 24.0 Å². The van der Waals surface area contributed by atoms with Crippen LogP contribution in [0, 0.1) is 13.8 Å². The summed E-state index contributed by atoms with van der Waals surface area (Å²) < 4.78 is 2.36. The molecule has 122 valence electrons. The second-order valence-corrected chi connectivity index (χ2v) is 6.31. The highest BCUT2D eigenvalue weighted by Gasteiger charge is 2.02. The minimum atomic E-state index is 0. The molecule has 0 unspecified atom stereocenters. The van der Waals surface area contributed by atoms with Crippen LogP contribution in [0.4, 0.5) is 0 Å². The van der Waals surface area contributed by atoms with Crippen molar-refractivity contribution < 1.29 is 28.5 Å². The van der Waals surface area contributed by atoms with Gasteiger partial charge in [0.05, 0.1) is 0 Å². The van der Waals surface area contributed by atoms with Gasteiger partial charge in [0, 0.05) is 17.5 Å². The Balaban J connectivity index is 0.00000400. The van der Waals surface area contributed by atoms with Gasteiger partial charge in [-0.05, 0) is 26.3 Å². The monoisotopic (exact) mass is 403 g/mol. The molecule has 0 amide bonds. The van der Waals surface area contributed by atoms with Crippen LogP contribution in [0.2, 0.25) is 0 Å². The van der Waals surface area contributed by atoms with Gasteiger partial charge in [-0.2, -0.15) is 0 Å². The van der Waals surface area contributed by atoms with Crippen LogP contribution in [0.15, 0.2) is 18.5 Å². The summed E-state index contributed by atoms with van der Waals surface area (Å²) in [5.41, 5.74) is 2.74. The molecule has 0 N–H and O–H groups in total. The molecule has 0 aliphatic carbocycles. The maximum atomic E-state index is 2.36. The van der Waals surface area contributed by atoms with Crippen LogP contribution in [0.1, 0.15) is 82.3 Å². The molecule has 1 rings (SSSR count). The maximum absolute atomic E-state index is 2.36. The van der Waals surface area contributed by atoms with Crippen LogP contribution >= 0.6 is 0 Å². The van der Waals surface area contributed by atoms with Crippen molar-refractivity contribution in [1.29, 1.82) is 0 Å². The zero-order valence-electron chi connectivity index (χ0n) is 14.3. The van der Waals surface area contributed by atoms with Gasteiger partial charge in [0.25, 0.3) is 0 Å². The van der Waals surface area contributed by atoms with E-state index in [9.17, 15) is 0 Å². The molecule has 0 saturated carbocycles. The summed E-state index contributed by atoms with van der Waals surface area (Å²) in [5.74, 6) is 0. The fourth-order valence-electron chi connectivity index (χ4n) is 2.90. The van der Waals surface area contributed by atoms with E-state index in [0.717, 1.165) is 0 Å². The fraction of sp³-hybridized carbons (Fsp3) is 0.737. The van der Waals surface area contributed by atoms with Gasteiger partial charge >= 0.3 is 0 Å². The van der Waals surface area contributed by atoms with Crippen molar-refractivity contribution in [2.24, 2.45) is 0 Å². The molecule has 2 heteroatoms. The number of hydrogen-bond acceptors (Lipinski definition) is 0. The Morgan fingerprint density at radius 2 is 1.14 bits per heavy atom. The summed E-state index contributed by atoms with van der Waals surface area (Å²) in [6.07, 6.45) is 18.7. The summed E-state index contributed by atoms with van der Waals surface area (Å²) in [6.45, 7) is 7.83. The first kappa shape index (κ1) is 20.9. The van der Waals surface area contributed by atoms with Gasteiger partial charge in [-0.1, -0.05) is 58.3 Å². The van der Waals surface area contributed by atoms with Crippen LogP contribution in [-0.2, 0) is 6.54 Å². The van der Waals surface area contributed by atoms with Crippen molar-refractivity contribution in [2.45, 2.75) is 91.5 Å². The zero-order valence-corrected chi connectivity index (χ0v) is 16.5. The topological polar surface area (TPSA) is 3.88 Å². The number of rotatable bonds is 11. The first-order valence-corrected chi connectivity index (χ1v) is 8.69. The lowest BCUT2D eigenvalue weighted by Gasteiger charge is -2.02. The molecular weight excluding hydrogens is 369 g/mol. The number of unbranched alkanes of at least 4 members (excludes halogenated alkanes) is 9. The molecule has 1 nitrogen and oxygen atoms in total. The first-order chi connectivity index (χ1) is 9.72. The summed E-state index contributed by atoms with van der Waals surface area (Å²) in [4.78, 5) is 0. The molecule has 0 aliphatic rings. The fourth-order valence-corrected chi connectivity index (χ4v) is 2.90. The second kappa shape index (κ2) is 13.5. The molecule has 0 bridgehead atoms. The van der Waals surface area contributed by atoms with Crippen LogP contribution in [0.3, 0.4) is 0 Å². The number of pyridine rings is 1. The lowest BCUT2D eigenvalue weighted by molar-refractivity contribution is -0.698. The van der Waals surface area contributed by atoms with E-state index in [1.165, 1.54) is 81.9 Å². The van der Waals surface area contributed by atoms with E-state index < -0.39 is 0 Å². The van der Waals surface area contributed by atoms with E-state index in [4.69, 9.17) is 0 Å². The first-order valence-electron chi connectivity index (χ1n) is 8.69. The van der Waals surface area contributed by atoms with Crippen LogP contribution in [-0.4, -0.2) is 0 Å². The normalized spacial score (nSPS) is 10.4. The summed E-state index contributed by atoms with van der Waals surface area (Å²) >= 11 is 0. The molecule has 0 fully saturated rings. The lowest BCUT2D eigenvalue weighted by Crippen LogP contribution is -3.00. The molecule has 0 atom stereocenters. The van der Waals surface area contributed by atoms with Crippen molar-refractivity contribution in [2.75, 3.05) is 0 Å². The molecule has 0 spiro atoms. The van der Waals surface area contributed by atoms with Crippen molar-refractivity contribution in [3.8, 4) is 0 Å². The standard InChI is InChI=1S/C19H34N.HI/c1-4-5-6-7-8-9-10-11-12-13-14-20-16-18(2)15-19(3)17-20;/h15-17H,4-14H2,1-3H3;1H/q+1;/p-1. The van der Waals surface area contributed by atoms with Gasteiger partial charge in [0.2, 0.25) is 0 Å². The van der Waals surface area contributed by atoms with Gasteiger partial charge in [0.1, 0.15) is 6.54 Å². The van der Waals surface area contributed by atoms with Gasteiger partial charge in [-0.15, -0.1) is 0 Å². The van der Waals surface area contributed by atoms with Crippen molar-refractivity contribution in [3.63, 3.8) is 0 Å². The molecule has 0 saturated heterocycles. The molecule has 1 aromatic heterocycles. The average Bonchev–Trinajstić information content (AvgIpc) is 2.40. The molecule has 0 aromatic carbocycles. The van der Waals surface area contributed by atoms with E-state index in [1.54, 1.807) is 0 Å². The Morgan fingerprint density at radius 3 is 1.62 bits per heavy atom. The molecule has 1 aromatic rings. The quantitative estimate of drug-likeness (QED) is 0.304. The third-order valence-corrected chi connectivity index (χ3v) is 3.96. The van der Waals surface area contributed by atoms with Gasteiger partial charge < -0.3 is 24.0 Å². The highest BCUT2D eigenvalue weighted by molar-refractivity contribution is 5.11. The van der Waals surface area contributed by atoms with Gasteiger partial charge in [-0.25, -0.2) is 4.57 Å². The largest absolute Gasteiger partial charge is 1.00 e. The number of hydrogen-bond donors (Lipinski definition) is 0. The molecule has 21 heavy (non-hydrogen) atoms. The summed E-state index contributed by atoms with van der Waals surface area (Å²) in [7, 11) is 0. The van der Waals surface area contributed by atoms with Crippen molar-refractivity contribution in [1.82, 2.24) is 0 Å². The van der Waals surface area contributed by atoms with E-state index in [2.05, 4.69) is 43.8 Å². The average molecular weight is 403 g/mol. The van der Waals surface area contributed by atoms with Crippen LogP contribution in [0.5, 0.6) is 0 Å². The number of halogens is 1. The minimum Gasteiger partial charge on any atom is -1.00 e. The summed E-state index contributed by atoms with van der Waals surface area (Å²) in [5, 5.41) is 0. The number of aromatic nitrogens is 1. The smallest absolute Gasteiger partial charge is 0.171 e. The van der Waals surface area contributed by atoms with E-state index >= 15 is 0 Å². The summed E-state index contributed by atoms with van der Waals surface area (Å²) in [6, 6.07) is 2.25. The Kier molecular flexibility index (Phi) is 13.5. The molecule has 0 aliphatic heterocycles. The molecule has 1 heterocycles. The third-order valence-electron chi connectivity index (χ3n) is 3.96. The van der Waals surface area contributed by atoms with Gasteiger partial charge in [-0.3, -0.25) is 0 Å². The SMILES string of the molecule is CCCCCCCCCCCC[n+]1cc(C)cc(C)c1.[I-]. The van der Waals surface area contributed by atoms with Crippen molar-refractivity contribution >= 4 is 0 Å². The Labute approximate surface area is 149 Å². The zero-order chi connectivity index (χ0) is 14.6. The highest BCUT2D eigenvalue weighted by atomic mass is 127. The second-order valence-electron chi connectivity index (χ2n) is 6.31. The minimum absolute atomic E-state index is 0. The van der Waals surface area contributed by atoms with Crippen LogP contribution < -0.4 is 28.5 Å². The Hall–Kier alpha value is -0.120. The molecular formula is C19H34IN. The van der Waals surface area contributed by atoms with Crippen molar-refractivity contribution in [3.05, 3.63) is 29.6 Å². The predicted molar refractivity (Wildman–Crippen MR) is 88.0 cm³/mol. The predicted octanol–water partition coefficient (Wildman–Crippen LogP) is 2.52. The van der Waals surface area contributed by atoms with Gasteiger partial charge in [0.15, 0.2) is 12.4 Å². The van der Waals surface area contributed by atoms with E-state index in [0.29, 0.717) is 0 Å². The maximum Gasteiger partial charge on any atom is 0.171 e. The Bertz CT molecular complexity index is 342. The number of nitrogens with zero attached hydrogens (tertiary/aromatic N) is 1. The molecule has 0 radical (unpaired) electrons. The van der Waals surface area contributed by atoms with Crippen LogP contribution in [0.25, 0.3) is 0 Å². The van der Waals surface area contributed by atoms with E-state index in [1.807, 2.05) is 0 Å². The lowest BCUT2D eigenvalue weighted by atomic mass is 10.1. The Morgan fingerprint density at radius 1 is 0.714 bits per heavy atom. The highest BCUT2D eigenvalue weighted by Crippen LogP contribution is 2.10. The third kappa shape index (κ3) is 11.1.